The molecule has 0 aromatic heterocycles. The van der Waals surface area contributed by atoms with Crippen molar-refractivity contribution >= 4 is 23.5 Å². The fourth-order valence-electron chi connectivity index (χ4n) is 1.77. The van der Waals surface area contributed by atoms with Crippen LogP contribution < -0.4 is 4.74 Å². The Morgan fingerprint density at radius 1 is 1.47 bits per heavy atom. The highest BCUT2D eigenvalue weighted by atomic mass is 32.2. The summed E-state index contributed by atoms with van der Waals surface area (Å²) in [6.07, 6.45) is -0.604. The first-order valence-electron chi connectivity index (χ1n) is 5.43. The minimum atomic E-state index is -0.604. The van der Waals surface area contributed by atoms with Crippen LogP contribution in [0.25, 0.3) is 0 Å². The van der Waals surface area contributed by atoms with E-state index in [2.05, 4.69) is 0 Å². The van der Waals surface area contributed by atoms with E-state index < -0.39 is 11.9 Å². The summed E-state index contributed by atoms with van der Waals surface area (Å²) < 4.78 is 18.4. The lowest BCUT2D eigenvalue weighted by Crippen LogP contribution is -2.22. The number of hydrogen-bond acceptors (Lipinski definition) is 4. The second kappa shape index (κ2) is 5.98. The lowest BCUT2D eigenvalue weighted by molar-refractivity contribution is 0.180. The summed E-state index contributed by atoms with van der Waals surface area (Å²) in [5.74, 6) is 2.89. The molecular formula is C12H15FO2S2. The molecule has 2 unspecified atom stereocenters. The van der Waals surface area contributed by atoms with Gasteiger partial charge in [0.15, 0.2) is 11.6 Å². The monoisotopic (exact) mass is 274 g/mol. The largest absolute Gasteiger partial charge is 0.494 e. The van der Waals surface area contributed by atoms with E-state index in [4.69, 9.17) is 4.74 Å². The summed E-state index contributed by atoms with van der Waals surface area (Å²) in [7, 11) is 1.43. The number of benzene rings is 1. The molecule has 1 aliphatic heterocycles. The molecule has 0 aliphatic carbocycles. The maximum Gasteiger partial charge on any atom is 0.165 e. The highest BCUT2D eigenvalue weighted by Crippen LogP contribution is 2.34. The fraction of sp³-hybridized carbons (Fsp3) is 0.500. The van der Waals surface area contributed by atoms with Gasteiger partial charge in [0.25, 0.3) is 0 Å². The number of ether oxygens (including phenoxy) is 1. The van der Waals surface area contributed by atoms with Crippen LogP contribution in [-0.2, 0) is 0 Å². The van der Waals surface area contributed by atoms with Crippen LogP contribution in [0.1, 0.15) is 11.7 Å². The Hall–Kier alpha value is -0.390. The van der Waals surface area contributed by atoms with Gasteiger partial charge in [0.05, 0.1) is 13.2 Å². The highest BCUT2D eigenvalue weighted by Gasteiger charge is 2.24. The third kappa shape index (κ3) is 3.09. The average molecular weight is 274 g/mol. The molecule has 94 valence electrons. The van der Waals surface area contributed by atoms with E-state index in [1.807, 2.05) is 11.8 Å². The number of hydrogen-bond donors (Lipinski definition) is 1. The normalized spacial score (nSPS) is 22.2. The smallest absolute Gasteiger partial charge is 0.165 e. The highest BCUT2D eigenvalue weighted by molar-refractivity contribution is 8.06. The number of aliphatic hydroxyl groups is 1. The molecule has 17 heavy (non-hydrogen) atoms. The standard InChI is InChI=1S/C12H15FO2S2/c1-15-10-3-2-8(6-9(10)13)12(14)11-7-16-4-5-17-11/h2-3,6,11-12,14H,4-5,7H2,1H3. The molecule has 2 rings (SSSR count). The SMILES string of the molecule is COc1ccc(C(O)C2CSCCS2)cc1F. The Morgan fingerprint density at radius 3 is 2.88 bits per heavy atom. The molecular weight excluding hydrogens is 259 g/mol. The minimum Gasteiger partial charge on any atom is -0.494 e. The maximum atomic E-state index is 13.5. The van der Waals surface area contributed by atoms with E-state index in [-0.39, 0.29) is 11.0 Å². The van der Waals surface area contributed by atoms with E-state index in [1.165, 1.54) is 13.2 Å². The number of methoxy groups -OCH3 is 1. The summed E-state index contributed by atoms with van der Waals surface area (Å²) in [6.45, 7) is 0. The minimum absolute atomic E-state index is 0.154. The van der Waals surface area contributed by atoms with Gasteiger partial charge in [0.1, 0.15) is 0 Å². The third-order valence-electron chi connectivity index (χ3n) is 2.71. The predicted octanol–water partition coefficient (Wildman–Crippen LogP) is 2.72. The van der Waals surface area contributed by atoms with Crippen molar-refractivity contribution in [2.24, 2.45) is 0 Å². The van der Waals surface area contributed by atoms with Crippen molar-refractivity contribution in [1.29, 1.82) is 0 Å². The molecule has 0 bridgehead atoms. The van der Waals surface area contributed by atoms with Gasteiger partial charge in [0.2, 0.25) is 0 Å². The molecule has 1 aromatic carbocycles. The van der Waals surface area contributed by atoms with Crippen LogP contribution in [0.5, 0.6) is 5.75 Å². The molecule has 1 aliphatic rings. The topological polar surface area (TPSA) is 29.5 Å². The van der Waals surface area contributed by atoms with Gasteiger partial charge in [-0.25, -0.2) is 4.39 Å². The zero-order valence-electron chi connectivity index (χ0n) is 9.56. The predicted molar refractivity (Wildman–Crippen MR) is 71.5 cm³/mol. The summed E-state index contributed by atoms with van der Waals surface area (Å²) >= 11 is 3.60. The van der Waals surface area contributed by atoms with E-state index >= 15 is 0 Å². The van der Waals surface area contributed by atoms with Crippen LogP contribution in [0.3, 0.4) is 0 Å². The van der Waals surface area contributed by atoms with Crippen molar-refractivity contribution in [2.45, 2.75) is 11.4 Å². The zero-order chi connectivity index (χ0) is 12.3. The lowest BCUT2D eigenvalue weighted by atomic mass is 10.1. The van der Waals surface area contributed by atoms with Gasteiger partial charge in [-0.3, -0.25) is 0 Å². The van der Waals surface area contributed by atoms with Crippen LogP contribution in [0, 0.1) is 5.82 Å². The van der Waals surface area contributed by atoms with Crippen LogP contribution in [0.15, 0.2) is 18.2 Å². The van der Waals surface area contributed by atoms with Gasteiger partial charge < -0.3 is 9.84 Å². The molecule has 1 N–H and O–H groups in total. The van der Waals surface area contributed by atoms with Crippen molar-refractivity contribution in [2.75, 3.05) is 24.4 Å². The van der Waals surface area contributed by atoms with E-state index in [9.17, 15) is 9.50 Å². The number of halogens is 1. The van der Waals surface area contributed by atoms with Gasteiger partial charge in [-0.05, 0) is 17.7 Å². The first-order chi connectivity index (χ1) is 8.22. The molecule has 1 fully saturated rings. The summed E-state index contributed by atoms with van der Waals surface area (Å²) in [5.41, 5.74) is 0.628. The van der Waals surface area contributed by atoms with E-state index in [1.54, 1.807) is 23.9 Å². The van der Waals surface area contributed by atoms with Gasteiger partial charge in [-0.1, -0.05) is 6.07 Å². The van der Waals surface area contributed by atoms with Crippen LogP contribution in [0.2, 0.25) is 0 Å². The first kappa shape index (κ1) is 13.1. The Labute approximate surface area is 109 Å². The van der Waals surface area contributed by atoms with Gasteiger partial charge in [0, 0.05) is 22.5 Å². The molecule has 5 heteroatoms. The molecule has 0 amide bonds. The Morgan fingerprint density at radius 2 is 2.29 bits per heavy atom. The van der Waals surface area contributed by atoms with Crippen molar-refractivity contribution < 1.29 is 14.2 Å². The number of rotatable bonds is 3. The molecule has 0 spiro atoms. The molecule has 0 radical (unpaired) electrons. The molecule has 1 aromatic rings. The maximum absolute atomic E-state index is 13.5. The fourth-order valence-corrected chi connectivity index (χ4v) is 4.52. The van der Waals surface area contributed by atoms with E-state index in [0.29, 0.717) is 5.56 Å². The second-order valence-corrected chi connectivity index (χ2v) is 6.32. The van der Waals surface area contributed by atoms with E-state index in [0.717, 1.165) is 17.3 Å². The molecule has 1 saturated heterocycles. The summed E-state index contributed by atoms with van der Waals surface area (Å²) in [4.78, 5) is 0. The molecule has 2 nitrogen and oxygen atoms in total. The van der Waals surface area contributed by atoms with Crippen molar-refractivity contribution in [3.05, 3.63) is 29.6 Å². The third-order valence-corrected chi connectivity index (χ3v) is 5.56. The van der Waals surface area contributed by atoms with Crippen LogP contribution in [0.4, 0.5) is 4.39 Å². The quantitative estimate of drug-likeness (QED) is 0.918. The Kier molecular flexibility index (Phi) is 4.59. The van der Waals surface area contributed by atoms with Crippen LogP contribution >= 0.6 is 23.5 Å². The zero-order valence-corrected chi connectivity index (χ0v) is 11.2. The average Bonchev–Trinajstić information content (AvgIpc) is 2.39. The van der Waals surface area contributed by atoms with Crippen LogP contribution in [-0.4, -0.2) is 34.7 Å². The first-order valence-corrected chi connectivity index (χ1v) is 7.63. The molecule has 0 saturated carbocycles. The molecule has 2 atom stereocenters. The lowest BCUT2D eigenvalue weighted by Gasteiger charge is -2.26. The van der Waals surface area contributed by atoms with Crippen molar-refractivity contribution in [3.8, 4) is 5.75 Å². The van der Waals surface area contributed by atoms with Gasteiger partial charge >= 0.3 is 0 Å². The van der Waals surface area contributed by atoms with Gasteiger partial charge in [-0.15, -0.1) is 0 Å². The van der Waals surface area contributed by atoms with Crippen molar-refractivity contribution in [1.82, 2.24) is 0 Å². The summed E-state index contributed by atoms with van der Waals surface area (Å²) in [6, 6.07) is 4.66. The summed E-state index contributed by atoms with van der Waals surface area (Å²) in [5, 5.41) is 10.3. The van der Waals surface area contributed by atoms with Gasteiger partial charge in [-0.2, -0.15) is 23.5 Å². The molecule has 1 heterocycles. The second-order valence-electron chi connectivity index (χ2n) is 3.82. The van der Waals surface area contributed by atoms with Crippen molar-refractivity contribution in [3.63, 3.8) is 0 Å². The number of thioether (sulfide) groups is 2. The Bertz CT molecular complexity index is 381. The number of aliphatic hydroxyl groups excluding tert-OH is 1. The Balaban J connectivity index is 2.12.